The Hall–Kier alpha value is -0.300. The van der Waals surface area contributed by atoms with Crippen LogP contribution >= 0.6 is 0 Å². The number of allylic oxidation sites excluding steroid dienone is 1. The largest absolute Gasteiger partial charge is 0.236 e. The van der Waals surface area contributed by atoms with Gasteiger partial charge in [0, 0.05) is 0 Å². The van der Waals surface area contributed by atoms with Crippen LogP contribution in [0.5, 0.6) is 0 Å². The van der Waals surface area contributed by atoms with Gasteiger partial charge < -0.3 is 0 Å². The van der Waals surface area contributed by atoms with Crippen LogP contribution < -0.4 is 0 Å². The van der Waals surface area contributed by atoms with Crippen molar-refractivity contribution in [3.05, 3.63) is 12.2 Å². The van der Waals surface area contributed by atoms with Crippen molar-refractivity contribution in [1.29, 1.82) is 0 Å². The van der Waals surface area contributed by atoms with Gasteiger partial charge in [-0.3, -0.25) is 0 Å². The monoisotopic (exact) mass is 141 g/mol. The summed E-state index contributed by atoms with van der Waals surface area (Å²) in [4.78, 5) is 0. The summed E-state index contributed by atoms with van der Waals surface area (Å²) in [5, 5.41) is 9.97. The third-order valence-electron chi connectivity index (χ3n) is 1.43. The third-order valence-corrected chi connectivity index (χ3v) is 1.43. The smallest absolute Gasteiger partial charge is 0.0856 e. The maximum Gasteiger partial charge on any atom is 0.0856 e. The molecule has 0 unspecified atom stereocenters. The maximum absolute atomic E-state index is 9.97. The van der Waals surface area contributed by atoms with E-state index in [1.165, 1.54) is 19.3 Å². The standard InChI is InChI=1S/C9H17O/c1-2-3-4-5-6-7-8-9-10/h6-7H,2-5,8-9H2,1H3. The van der Waals surface area contributed by atoms with Gasteiger partial charge >= 0.3 is 0 Å². The van der Waals surface area contributed by atoms with Crippen LogP contribution in [-0.4, -0.2) is 6.61 Å². The molecule has 0 heterocycles. The van der Waals surface area contributed by atoms with Gasteiger partial charge in [0.2, 0.25) is 0 Å². The van der Waals surface area contributed by atoms with Crippen molar-refractivity contribution < 1.29 is 5.11 Å². The van der Waals surface area contributed by atoms with E-state index in [2.05, 4.69) is 13.0 Å². The highest BCUT2D eigenvalue weighted by molar-refractivity contribution is 4.80. The Balaban J connectivity index is 2.88. The van der Waals surface area contributed by atoms with E-state index in [1.807, 2.05) is 6.08 Å². The topological polar surface area (TPSA) is 19.9 Å². The molecule has 0 saturated heterocycles. The van der Waals surface area contributed by atoms with E-state index in [0.717, 1.165) is 6.42 Å². The molecular weight excluding hydrogens is 124 g/mol. The third kappa shape index (κ3) is 7.70. The second kappa shape index (κ2) is 8.70. The molecule has 10 heavy (non-hydrogen) atoms. The maximum atomic E-state index is 9.97. The van der Waals surface area contributed by atoms with Crippen molar-refractivity contribution in [2.75, 3.05) is 6.61 Å². The van der Waals surface area contributed by atoms with Gasteiger partial charge in [0.15, 0.2) is 0 Å². The highest BCUT2D eigenvalue weighted by Gasteiger charge is 1.80. The van der Waals surface area contributed by atoms with E-state index < -0.39 is 0 Å². The lowest BCUT2D eigenvalue weighted by Crippen LogP contribution is -1.74. The van der Waals surface area contributed by atoms with Gasteiger partial charge in [-0.1, -0.05) is 31.9 Å². The minimum atomic E-state index is 0.0320. The summed E-state index contributed by atoms with van der Waals surface area (Å²) in [6, 6.07) is 0. The number of hydrogen-bond donors (Lipinski definition) is 0. The first-order valence-electron chi connectivity index (χ1n) is 4.15. The van der Waals surface area contributed by atoms with E-state index in [4.69, 9.17) is 0 Å². The van der Waals surface area contributed by atoms with Gasteiger partial charge in [-0.25, -0.2) is 5.11 Å². The van der Waals surface area contributed by atoms with Crippen LogP contribution in [-0.2, 0) is 5.11 Å². The molecule has 0 aliphatic carbocycles. The predicted octanol–water partition coefficient (Wildman–Crippen LogP) is 2.94. The molecule has 0 aromatic heterocycles. The zero-order chi connectivity index (χ0) is 7.66. The van der Waals surface area contributed by atoms with E-state index in [0.29, 0.717) is 6.42 Å². The van der Waals surface area contributed by atoms with E-state index in [-0.39, 0.29) is 6.61 Å². The summed E-state index contributed by atoms with van der Waals surface area (Å²) < 4.78 is 0. The van der Waals surface area contributed by atoms with Gasteiger partial charge in [0.25, 0.3) is 0 Å². The summed E-state index contributed by atoms with van der Waals surface area (Å²) in [5.74, 6) is 0. The molecule has 0 aliphatic rings. The van der Waals surface area contributed by atoms with Gasteiger partial charge in [-0.2, -0.15) is 0 Å². The van der Waals surface area contributed by atoms with Crippen molar-refractivity contribution >= 4 is 0 Å². The molecule has 1 nitrogen and oxygen atoms in total. The zero-order valence-electron chi connectivity index (χ0n) is 6.81. The Labute approximate surface area is 63.8 Å². The Morgan fingerprint density at radius 1 is 1.10 bits per heavy atom. The summed E-state index contributed by atoms with van der Waals surface area (Å²) in [6.45, 7) is 2.23. The second-order valence-corrected chi connectivity index (χ2v) is 2.46. The van der Waals surface area contributed by atoms with Crippen LogP contribution in [0.1, 0.15) is 39.0 Å². The molecule has 59 valence electrons. The summed E-state index contributed by atoms with van der Waals surface area (Å²) in [5.41, 5.74) is 0. The van der Waals surface area contributed by atoms with Gasteiger partial charge in [0.1, 0.15) is 0 Å². The molecule has 1 radical (unpaired) electrons. The molecule has 0 aliphatic heterocycles. The van der Waals surface area contributed by atoms with Crippen LogP contribution in [0.3, 0.4) is 0 Å². The molecule has 0 fully saturated rings. The first-order chi connectivity index (χ1) is 4.91. The first kappa shape index (κ1) is 9.70. The highest BCUT2D eigenvalue weighted by atomic mass is 16.2. The van der Waals surface area contributed by atoms with Crippen molar-refractivity contribution in [3.63, 3.8) is 0 Å². The van der Waals surface area contributed by atoms with Crippen molar-refractivity contribution in [1.82, 2.24) is 0 Å². The van der Waals surface area contributed by atoms with Gasteiger partial charge in [-0.05, 0) is 19.3 Å². The fraction of sp³-hybridized carbons (Fsp3) is 0.778. The SMILES string of the molecule is CCCCCC=CCC[O]. The molecule has 0 saturated carbocycles. The van der Waals surface area contributed by atoms with Gasteiger partial charge in [-0.15, -0.1) is 0 Å². The molecular formula is C9H17O. The van der Waals surface area contributed by atoms with E-state index in [1.54, 1.807) is 0 Å². The van der Waals surface area contributed by atoms with Crippen LogP contribution in [0.4, 0.5) is 0 Å². The van der Waals surface area contributed by atoms with E-state index in [9.17, 15) is 5.11 Å². The Bertz CT molecular complexity index is 76.8. The lowest BCUT2D eigenvalue weighted by molar-refractivity contribution is 0.199. The molecule has 0 atom stereocenters. The predicted molar refractivity (Wildman–Crippen MR) is 43.5 cm³/mol. The average molecular weight is 141 g/mol. The molecule has 0 aromatic rings. The number of hydrogen-bond acceptors (Lipinski definition) is 0. The summed E-state index contributed by atoms with van der Waals surface area (Å²) in [6.07, 6.45) is 9.80. The minimum Gasteiger partial charge on any atom is -0.236 e. The Kier molecular flexibility index (Phi) is 8.44. The quantitative estimate of drug-likeness (QED) is 0.400. The molecule has 0 rings (SSSR count). The van der Waals surface area contributed by atoms with Crippen LogP contribution in [0, 0.1) is 0 Å². The Morgan fingerprint density at radius 2 is 1.80 bits per heavy atom. The second-order valence-electron chi connectivity index (χ2n) is 2.46. The summed E-state index contributed by atoms with van der Waals surface area (Å²) in [7, 11) is 0. The van der Waals surface area contributed by atoms with Crippen LogP contribution in [0.15, 0.2) is 12.2 Å². The first-order valence-corrected chi connectivity index (χ1v) is 4.15. The van der Waals surface area contributed by atoms with Gasteiger partial charge in [0.05, 0.1) is 6.61 Å². The zero-order valence-corrected chi connectivity index (χ0v) is 6.81. The van der Waals surface area contributed by atoms with Crippen molar-refractivity contribution in [2.24, 2.45) is 0 Å². The molecule has 0 amide bonds. The highest BCUT2D eigenvalue weighted by Crippen LogP contribution is 1.99. The number of rotatable bonds is 6. The molecule has 0 aromatic carbocycles. The summed E-state index contributed by atoms with van der Waals surface area (Å²) >= 11 is 0. The van der Waals surface area contributed by atoms with Crippen LogP contribution in [0.25, 0.3) is 0 Å². The lowest BCUT2D eigenvalue weighted by atomic mass is 10.2. The molecule has 0 bridgehead atoms. The van der Waals surface area contributed by atoms with E-state index >= 15 is 0 Å². The fourth-order valence-corrected chi connectivity index (χ4v) is 0.816. The minimum absolute atomic E-state index is 0.0320. The fourth-order valence-electron chi connectivity index (χ4n) is 0.816. The van der Waals surface area contributed by atoms with Crippen LogP contribution in [0.2, 0.25) is 0 Å². The molecule has 0 spiro atoms. The lowest BCUT2D eigenvalue weighted by Gasteiger charge is -1.90. The normalized spacial score (nSPS) is 11.0. The Morgan fingerprint density at radius 3 is 2.40 bits per heavy atom. The number of unbranched alkanes of at least 4 members (excludes halogenated alkanes) is 3. The van der Waals surface area contributed by atoms with Crippen molar-refractivity contribution in [2.45, 2.75) is 39.0 Å². The van der Waals surface area contributed by atoms with Crippen molar-refractivity contribution in [3.8, 4) is 0 Å². The average Bonchev–Trinajstić information content (AvgIpc) is 1.97. The molecule has 1 heteroatoms. The molecule has 0 N–H and O–H groups in total.